The van der Waals surface area contributed by atoms with E-state index in [0.29, 0.717) is 11.8 Å². The fraction of sp³-hybridized carbons (Fsp3) is 0.917. The largest absolute Gasteiger partial charge is 0.356 e. The summed E-state index contributed by atoms with van der Waals surface area (Å²) in [6.45, 7) is 11.4. The lowest BCUT2D eigenvalue weighted by atomic mass is 9.85. The predicted molar refractivity (Wildman–Crippen MR) is 61.1 cm³/mol. The maximum absolute atomic E-state index is 11.8. The van der Waals surface area contributed by atoms with Crippen LogP contribution in [0.1, 0.15) is 47.5 Å². The monoisotopic (exact) mass is 199 g/mol. The van der Waals surface area contributed by atoms with E-state index in [1.165, 1.54) is 0 Å². The number of unbranched alkanes of at least 4 members (excludes halogenated alkanes) is 1. The molecule has 0 fully saturated rings. The molecule has 0 aromatic heterocycles. The highest BCUT2D eigenvalue weighted by Gasteiger charge is 2.24. The first-order valence-corrected chi connectivity index (χ1v) is 5.78. The van der Waals surface area contributed by atoms with Gasteiger partial charge < -0.3 is 5.32 Å². The molecular weight excluding hydrogens is 174 g/mol. The highest BCUT2D eigenvalue weighted by molar-refractivity contribution is 5.79. The van der Waals surface area contributed by atoms with Gasteiger partial charge in [-0.25, -0.2) is 0 Å². The molecule has 0 aromatic carbocycles. The molecular formula is C12H25NO. The van der Waals surface area contributed by atoms with Crippen LogP contribution in [0.3, 0.4) is 0 Å². The first-order valence-electron chi connectivity index (χ1n) is 5.78. The molecule has 0 saturated carbocycles. The molecule has 0 atom stereocenters. The van der Waals surface area contributed by atoms with Crippen molar-refractivity contribution in [1.29, 1.82) is 0 Å². The highest BCUT2D eigenvalue weighted by atomic mass is 16.1. The molecule has 0 saturated heterocycles. The van der Waals surface area contributed by atoms with Crippen LogP contribution in [0, 0.1) is 17.8 Å². The van der Waals surface area contributed by atoms with E-state index < -0.39 is 0 Å². The lowest BCUT2D eigenvalue weighted by Crippen LogP contribution is -2.36. The lowest BCUT2D eigenvalue weighted by molar-refractivity contribution is -0.127. The first-order chi connectivity index (χ1) is 6.50. The van der Waals surface area contributed by atoms with E-state index in [1.54, 1.807) is 0 Å². The smallest absolute Gasteiger partial charge is 0.223 e. The molecule has 0 aliphatic carbocycles. The van der Waals surface area contributed by atoms with Crippen LogP contribution >= 0.6 is 0 Å². The third-order valence-electron chi connectivity index (χ3n) is 2.57. The number of carbonyl (C=O) groups is 1. The molecule has 14 heavy (non-hydrogen) atoms. The maximum atomic E-state index is 11.8. The summed E-state index contributed by atoms with van der Waals surface area (Å²) < 4.78 is 0. The highest BCUT2D eigenvalue weighted by Crippen LogP contribution is 2.20. The summed E-state index contributed by atoms with van der Waals surface area (Å²) in [5.74, 6) is 1.24. The molecule has 1 N–H and O–H groups in total. The number of amides is 1. The molecule has 1 amide bonds. The lowest BCUT2D eigenvalue weighted by Gasteiger charge is -2.23. The maximum Gasteiger partial charge on any atom is 0.223 e. The molecule has 0 radical (unpaired) electrons. The van der Waals surface area contributed by atoms with Gasteiger partial charge in [-0.1, -0.05) is 41.0 Å². The van der Waals surface area contributed by atoms with Gasteiger partial charge in [0.05, 0.1) is 0 Å². The van der Waals surface area contributed by atoms with E-state index in [2.05, 4.69) is 39.9 Å². The zero-order chi connectivity index (χ0) is 11.1. The Morgan fingerprint density at radius 1 is 1.14 bits per heavy atom. The Labute approximate surface area is 88.5 Å². The van der Waals surface area contributed by atoms with Gasteiger partial charge in [0.25, 0.3) is 0 Å². The van der Waals surface area contributed by atoms with Gasteiger partial charge in [-0.05, 0) is 18.3 Å². The number of hydrogen-bond acceptors (Lipinski definition) is 1. The molecule has 0 bridgehead atoms. The number of carbonyl (C=O) groups excluding carboxylic acids is 1. The van der Waals surface area contributed by atoms with Crippen LogP contribution in [0.15, 0.2) is 0 Å². The van der Waals surface area contributed by atoms with Gasteiger partial charge in [0, 0.05) is 12.5 Å². The van der Waals surface area contributed by atoms with E-state index in [9.17, 15) is 4.79 Å². The van der Waals surface area contributed by atoms with Crippen LogP contribution in [0.2, 0.25) is 0 Å². The Balaban J connectivity index is 4.03. The number of nitrogens with one attached hydrogen (secondary N) is 1. The third kappa shape index (κ3) is 4.64. The SMILES string of the molecule is CCCCNC(=O)C(C(C)C)C(C)C. The predicted octanol–water partition coefficient (Wildman–Crippen LogP) is 2.83. The summed E-state index contributed by atoms with van der Waals surface area (Å²) in [4.78, 5) is 11.8. The van der Waals surface area contributed by atoms with Crippen molar-refractivity contribution in [2.75, 3.05) is 6.54 Å². The molecule has 84 valence electrons. The van der Waals surface area contributed by atoms with Crippen molar-refractivity contribution in [3.63, 3.8) is 0 Å². The van der Waals surface area contributed by atoms with Gasteiger partial charge in [0.1, 0.15) is 0 Å². The Kier molecular flexibility index (Phi) is 6.60. The van der Waals surface area contributed by atoms with E-state index in [0.717, 1.165) is 19.4 Å². The normalized spacial score (nSPS) is 11.4. The summed E-state index contributed by atoms with van der Waals surface area (Å²) in [5, 5.41) is 3.01. The van der Waals surface area contributed by atoms with Gasteiger partial charge in [0.2, 0.25) is 5.91 Å². The minimum absolute atomic E-state index is 0.159. The summed E-state index contributed by atoms with van der Waals surface area (Å²) in [6.07, 6.45) is 2.21. The van der Waals surface area contributed by atoms with E-state index in [4.69, 9.17) is 0 Å². The molecule has 2 nitrogen and oxygen atoms in total. The summed E-state index contributed by atoms with van der Waals surface area (Å²) >= 11 is 0. The van der Waals surface area contributed by atoms with E-state index >= 15 is 0 Å². The number of hydrogen-bond donors (Lipinski definition) is 1. The van der Waals surface area contributed by atoms with E-state index in [1.807, 2.05) is 0 Å². The van der Waals surface area contributed by atoms with Gasteiger partial charge >= 0.3 is 0 Å². The van der Waals surface area contributed by atoms with Crippen LogP contribution in [0.4, 0.5) is 0 Å². The van der Waals surface area contributed by atoms with E-state index in [-0.39, 0.29) is 11.8 Å². The average molecular weight is 199 g/mol. The molecule has 0 unspecified atom stereocenters. The zero-order valence-corrected chi connectivity index (χ0v) is 10.3. The Bertz CT molecular complexity index is 156. The van der Waals surface area contributed by atoms with Crippen LogP contribution < -0.4 is 5.32 Å². The molecule has 0 aliphatic heterocycles. The van der Waals surface area contributed by atoms with Crippen molar-refractivity contribution in [3.8, 4) is 0 Å². The van der Waals surface area contributed by atoms with Crippen molar-refractivity contribution >= 4 is 5.91 Å². The second kappa shape index (κ2) is 6.86. The minimum atomic E-state index is 0.159. The van der Waals surface area contributed by atoms with Crippen LogP contribution in [0.25, 0.3) is 0 Å². The van der Waals surface area contributed by atoms with Gasteiger partial charge in [0.15, 0.2) is 0 Å². The third-order valence-corrected chi connectivity index (χ3v) is 2.57. The Morgan fingerprint density at radius 2 is 1.64 bits per heavy atom. The second-order valence-corrected chi connectivity index (χ2v) is 4.66. The van der Waals surface area contributed by atoms with Crippen molar-refractivity contribution in [1.82, 2.24) is 5.32 Å². The summed E-state index contributed by atoms with van der Waals surface area (Å²) in [5.41, 5.74) is 0. The van der Waals surface area contributed by atoms with Gasteiger partial charge in [-0.3, -0.25) is 4.79 Å². The zero-order valence-electron chi connectivity index (χ0n) is 10.3. The topological polar surface area (TPSA) is 29.1 Å². The number of rotatable bonds is 6. The Hall–Kier alpha value is -0.530. The fourth-order valence-electron chi connectivity index (χ4n) is 1.88. The fourth-order valence-corrected chi connectivity index (χ4v) is 1.88. The van der Waals surface area contributed by atoms with Crippen LogP contribution in [-0.4, -0.2) is 12.5 Å². The molecule has 0 heterocycles. The van der Waals surface area contributed by atoms with Crippen molar-refractivity contribution < 1.29 is 4.79 Å². The molecule has 0 aliphatic rings. The minimum Gasteiger partial charge on any atom is -0.356 e. The van der Waals surface area contributed by atoms with Crippen molar-refractivity contribution in [2.45, 2.75) is 47.5 Å². The quantitative estimate of drug-likeness (QED) is 0.655. The summed E-state index contributed by atoms with van der Waals surface area (Å²) in [7, 11) is 0. The average Bonchev–Trinajstić information content (AvgIpc) is 2.03. The van der Waals surface area contributed by atoms with Crippen molar-refractivity contribution in [2.24, 2.45) is 17.8 Å². The Morgan fingerprint density at radius 3 is 2.00 bits per heavy atom. The van der Waals surface area contributed by atoms with Gasteiger partial charge in [-0.15, -0.1) is 0 Å². The second-order valence-electron chi connectivity index (χ2n) is 4.66. The molecule has 2 heteroatoms. The summed E-state index contributed by atoms with van der Waals surface area (Å²) in [6, 6.07) is 0. The first kappa shape index (κ1) is 13.5. The molecule has 0 aromatic rings. The van der Waals surface area contributed by atoms with Crippen LogP contribution in [0.5, 0.6) is 0 Å². The standard InChI is InChI=1S/C12H25NO/c1-6-7-8-13-12(14)11(9(2)3)10(4)5/h9-11H,6-8H2,1-5H3,(H,13,14). The van der Waals surface area contributed by atoms with Crippen LogP contribution in [-0.2, 0) is 4.79 Å². The molecule has 0 spiro atoms. The van der Waals surface area contributed by atoms with Gasteiger partial charge in [-0.2, -0.15) is 0 Å². The van der Waals surface area contributed by atoms with Crippen molar-refractivity contribution in [3.05, 3.63) is 0 Å². The molecule has 0 rings (SSSR count).